The molecule has 1 aliphatic rings. The molecule has 0 saturated carbocycles. The number of benzene rings is 1. The molecule has 0 fully saturated rings. The number of esters is 1. The van der Waals surface area contributed by atoms with Gasteiger partial charge in [0.05, 0.1) is 18.2 Å². The van der Waals surface area contributed by atoms with Crippen molar-refractivity contribution in [2.24, 2.45) is 0 Å². The highest BCUT2D eigenvalue weighted by Gasteiger charge is 2.33. The van der Waals surface area contributed by atoms with Crippen LogP contribution in [-0.2, 0) is 14.3 Å². The molecular formula is C16H19ClN2O4. The van der Waals surface area contributed by atoms with Crippen molar-refractivity contribution in [2.45, 2.75) is 19.9 Å². The van der Waals surface area contributed by atoms with Gasteiger partial charge in [0.2, 0.25) is 0 Å². The Labute approximate surface area is 139 Å². The van der Waals surface area contributed by atoms with Crippen molar-refractivity contribution in [3.63, 3.8) is 0 Å². The lowest BCUT2D eigenvalue weighted by atomic mass is 9.95. The Morgan fingerprint density at radius 1 is 1.30 bits per heavy atom. The summed E-state index contributed by atoms with van der Waals surface area (Å²) in [5.74, 6) is -0.514. The summed E-state index contributed by atoms with van der Waals surface area (Å²) in [4.78, 5) is 24.2. The average molecular weight is 339 g/mol. The van der Waals surface area contributed by atoms with Gasteiger partial charge in [0.15, 0.2) is 0 Å². The molecule has 0 radical (unpaired) electrons. The molecule has 1 aromatic rings. The van der Waals surface area contributed by atoms with Crippen LogP contribution in [0.4, 0.5) is 4.79 Å². The summed E-state index contributed by atoms with van der Waals surface area (Å²) < 4.78 is 10.4. The highest BCUT2D eigenvalue weighted by molar-refractivity contribution is 6.31. The molecule has 0 bridgehead atoms. The number of allylic oxidation sites excluding steroid dienone is 1. The first-order chi connectivity index (χ1) is 11.0. The van der Waals surface area contributed by atoms with Crippen LogP contribution in [0, 0.1) is 0 Å². The summed E-state index contributed by atoms with van der Waals surface area (Å²) in [6.45, 7) is 4.54. The molecule has 1 aliphatic heterocycles. The van der Waals surface area contributed by atoms with Crippen LogP contribution in [0.1, 0.15) is 25.5 Å². The van der Waals surface area contributed by atoms with E-state index in [2.05, 4.69) is 10.6 Å². The zero-order valence-electron chi connectivity index (χ0n) is 13.0. The second kappa shape index (κ2) is 7.99. The van der Waals surface area contributed by atoms with Gasteiger partial charge in [0, 0.05) is 17.3 Å². The Balaban J connectivity index is 2.25. The number of rotatable bonds is 6. The Hall–Kier alpha value is -2.05. The van der Waals surface area contributed by atoms with Crippen molar-refractivity contribution in [1.82, 2.24) is 10.6 Å². The molecule has 1 atom stereocenters. The van der Waals surface area contributed by atoms with Crippen molar-refractivity contribution < 1.29 is 19.1 Å². The van der Waals surface area contributed by atoms with E-state index in [-0.39, 0.29) is 6.61 Å². The second-order valence-corrected chi connectivity index (χ2v) is 5.33. The number of halogens is 1. The van der Waals surface area contributed by atoms with Gasteiger partial charge in [-0.3, -0.25) is 0 Å². The van der Waals surface area contributed by atoms with Gasteiger partial charge in [-0.15, -0.1) is 0 Å². The Kier molecular flexibility index (Phi) is 6.01. The minimum Gasteiger partial charge on any atom is -0.460 e. The van der Waals surface area contributed by atoms with Crippen LogP contribution in [0.5, 0.6) is 0 Å². The van der Waals surface area contributed by atoms with E-state index in [0.717, 1.165) is 0 Å². The smallest absolute Gasteiger partial charge is 0.338 e. The molecule has 2 rings (SSSR count). The molecule has 124 valence electrons. The third-order valence-corrected chi connectivity index (χ3v) is 3.71. The molecule has 7 heteroatoms. The van der Waals surface area contributed by atoms with Crippen molar-refractivity contribution >= 4 is 23.6 Å². The minimum atomic E-state index is -0.656. The summed E-state index contributed by atoms with van der Waals surface area (Å²) in [6, 6.07) is 6.00. The fraction of sp³-hybridized carbons (Fsp3) is 0.375. The highest BCUT2D eigenvalue weighted by atomic mass is 35.5. The molecular weight excluding hydrogens is 320 g/mol. The number of hydrogen-bond donors (Lipinski definition) is 2. The maximum absolute atomic E-state index is 12.4. The molecule has 0 aliphatic carbocycles. The van der Waals surface area contributed by atoms with Gasteiger partial charge in [-0.05, 0) is 25.5 Å². The van der Waals surface area contributed by atoms with E-state index < -0.39 is 18.0 Å². The molecule has 2 amide bonds. The van der Waals surface area contributed by atoms with Gasteiger partial charge < -0.3 is 20.1 Å². The van der Waals surface area contributed by atoms with Gasteiger partial charge >= 0.3 is 12.0 Å². The number of carbonyl (C=O) groups is 2. The van der Waals surface area contributed by atoms with Crippen molar-refractivity contribution in [1.29, 1.82) is 0 Å². The third-order valence-electron chi connectivity index (χ3n) is 3.37. The number of hydrogen-bond acceptors (Lipinski definition) is 4. The van der Waals surface area contributed by atoms with Gasteiger partial charge in [-0.2, -0.15) is 0 Å². The fourth-order valence-corrected chi connectivity index (χ4v) is 2.57. The Bertz CT molecular complexity index is 630. The maximum Gasteiger partial charge on any atom is 0.338 e. The Morgan fingerprint density at radius 2 is 2.04 bits per heavy atom. The lowest BCUT2D eigenvalue weighted by Crippen LogP contribution is -2.45. The van der Waals surface area contributed by atoms with Crippen LogP contribution >= 0.6 is 11.6 Å². The largest absolute Gasteiger partial charge is 0.460 e. The number of ether oxygens (including phenoxy) is 2. The van der Waals surface area contributed by atoms with E-state index in [1.54, 1.807) is 31.2 Å². The monoisotopic (exact) mass is 338 g/mol. The van der Waals surface area contributed by atoms with E-state index in [9.17, 15) is 9.59 Å². The first-order valence-corrected chi connectivity index (χ1v) is 7.70. The topological polar surface area (TPSA) is 76.7 Å². The summed E-state index contributed by atoms with van der Waals surface area (Å²) >= 11 is 6.20. The molecule has 0 unspecified atom stereocenters. The quantitative estimate of drug-likeness (QED) is 0.617. The standard InChI is InChI=1S/C16H19ClN2O4/c1-3-22-8-9-23-15(20)13-10(2)18-16(21)19-14(13)11-6-4-5-7-12(11)17/h4-7,14H,3,8-9H2,1-2H3,(H2,18,19,21)/t14-/m0/s1. The lowest BCUT2D eigenvalue weighted by Gasteiger charge is -2.28. The van der Waals surface area contributed by atoms with Gasteiger partial charge in [-0.25, -0.2) is 9.59 Å². The first-order valence-electron chi connectivity index (χ1n) is 7.32. The minimum absolute atomic E-state index is 0.145. The molecule has 0 saturated heterocycles. The van der Waals surface area contributed by atoms with E-state index in [1.807, 2.05) is 6.92 Å². The van der Waals surface area contributed by atoms with Gasteiger partial charge in [0.25, 0.3) is 0 Å². The highest BCUT2D eigenvalue weighted by Crippen LogP contribution is 2.31. The fourth-order valence-electron chi connectivity index (χ4n) is 2.32. The van der Waals surface area contributed by atoms with E-state index in [0.29, 0.717) is 35.1 Å². The average Bonchev–Trinajstić information content (AvgIpc) is 2.51. The molecule has 0 spiro atoms. The van der Waals surface area contributed by atoms with E-state index >= 15 is 0 Å². The van der Waals surface area contributed by atoms with Crippen LogP contribution in [0.25, 0.3) is 0 Å². The zero-order valence-corrected chi connectivity index (χ0v) is 13.8. The molecule has 2 N–H and O–H groups in total. The van der Waals surface area contributed by atoms with Crippen LogP contribution < -0.4 is 10.6 Å². The molecule has 6 nitrogen and oxygen atoms in total. The number of nitrogens with one attached hydrogen (secondary N) is 2. The number of amides is 2. The second-order valence-electron chi connectivity index (χ2n) is 4.92. The molecule has 0 aromatic heterocycles. The van der Waals surface area contributed by atoms with Crippen LogP contribution in [-0.4, -0.2) is 31.8 Å². The first kappa shape index (κ1) is 17.3. The van der Waals surface area contributed by atoms with Crippen LogP contribution in [0.15, 0.2) is 35.5 Å². The normalized spacial score (nSPS) is 17.5. The van der Waals surface area contributed by atoms with Crippen LogP contribution in [0.3, 0.4) is 0 Å². The molecule has 23 heavy (non-hydrogen) atoms. The maximum atomic E-state index is 12.4. The summed E-state index contributed by atoms with van der Waals surface area (Å²) in [7, 11) is 0. The SMILES string of the molecule is CCOCCOC(=O)C1=C(C)NC(=O)N[C@H]1c1ccccc1Cl. The lowest BCUT2D eigenvalue weighted by molar-refractivity contribution is -0.141. The predicted molar refractivity (Wildman–Crippen MR) is 86.0 cm³/mol. The van der Waals surface area contributed by atoms with Crippen molar-refractivity contribution in [3.05, 3.63) is 46.1 Å². The predicted octanol–water partition coefficient (Wildman–Crippen LogP) is 2.55. The molecule has 1 heterocycles. The molecule has 1 aromatic carbocycles. The third kappa shape index (κ3) is 4.24. The van der Waals surface area contributed by atoms with E-state index in [4.69, 9.17) is 21.1 Å². The zero-order chi connectivity index (χ0) is 16.8. The number of carbonyl (C=O) groups excluding carboxylic acids is 2. The van der Waals surface area contributed by atoms with Crippen molar-refractivity contribution in [3.8, 4) is 0 Å². The van der Waals surface area contributed by atoms with Gasteiger partial charge in [-0.1, -0.05) is 29.8 Å². The van der Waals surface area contributed by atoms with Crippen molar-refractivity contribution in [2.75, 3.05) is 19.8 Å². The number of urea groups is 1. The van der Waals surface area contributed by atoms with Crippen LogP contribution in [0.2, 0.25) is 5.02 Å². The summed E-state index contributed by atoms with van der Waals surface area (Å²) in [5, 5.41) is 5.76. The summed E-state index contributed by atoms with van der Waals surface area (Å²) in [5.41, 5.74) is 1.41. The van der Waals surface area contributed by atoms with Gasteiger partial charge in [0.1, 0.15) is 6.61 Å². The Morgan fingerprint density at radius 3 is 2.74 bits per heavy atom. The summed E-state index contributed by atoms with van der Waals surface area (Å²) in [6.07, 6.45) is 0. The van der Waals surface area contributed by atoms with E-state index in [1.165, 1.54) is 0 Å².